The first-order valence-electron chi connectivity index (χ1n) is 6.77. The number of benzene rings is 1. The number of hydrogen-bond donors (Lipinski definition) is 3. The van der Waals surface area contributed by atoms with Crippen LogP contribution >= 0.6 is 22.9 Å². The summed E-state index contributed by atoms with van der Waals surface area (Å²) in [6.45, 7) is 2.22. The highest BCUT2D eigenvalue weighted by atomic mass is 35.5. The fourth-order valence-electron chi connectivity index (χ4n) is 1.97. The number of ether oxygens (including phenoxy) is 1. The van der Waals surface area contributed by atoms with Gasteiger partial charge in [0, 0.05) is 13.7 Å². The van der Waals surface area contributed by atoms with Gasteiger partial charge < -0.3 is 20.5 Å². The number of rotatable bonds is 6. The van der Waals surface area contributed by atoms with Crippen molar-refractivity contribution in [2.24, 2.45) is 0 Å². The average molecular weight is 344 g/mol. The summed E-state index contributed by atoms with van der Waals surface area (Å²) in [6.07, 6.45) is 0.529. The number of hydrogen-bond acceptors (Lipinski definition) is 5. The summed E-state index contributed by atoms with van der Waals surface area (Å²) in [5, 5.41) is 16.0. The van der Waals surface area contributed by atoms with E-state index in [4.69, 9.17) is 16.3 Å². The molecule has 6 nitrogen and oxygen atoms in total. The molecule has 1 aromatic heterocycles. The molecule has 8 heteroatoms. The molecule has 1 atom stereocenters. The maximum atomic E-state index is 12.0. The van der Waals surface area contributed by atoms with Gasteiger partial charge in [-0.1, -0.05) is 11.6 Å². The lowest BCUT2D eigenvalue weighted by Crippen LogP contribution is -2.40. The van der Waals surface area contributed by atoms with Crippen molar-refractivity contribution in [3.63, 3.8) is 0 Å². The number of aliphatic hydroxyl groups excluding tert-OH is 1. The third-order valence-electron chi connectivity index (χ3n) is 3.06. The van der Waals surface area contributed by atoms with Crippen molar-refractivity contribution in [1.82, 2.24) is 10.3 Å². The van der Waals surface area contributed by atoms with E-state index in [-0.39, 0.29) is 12.6 Å². The highest BCUT2D eigenvalue weighted by Crippen LogP contribution is 2.31. The van der Waals surface area contributed by atoms with Gasteiger partial charge >= 0.3 is 6.03 Å². The SMILES string of the molecule is COCCC(CO)NC(=O)Nc1cc2sc(C)nc2cc1Cl. The number of nitrogens with one attached hydrogen (secondary N) is 2. The summed E-state index contributed by atoms with van der Waals surface area (Å²) in [4.78, 5) is 16.3. The molecular formula is C14H18ClN3O3S. The standard InChI is InChI=1S/C14H18ClN3O3S/c1-8-16-12-5-10(15)11(6-13(12)22-8)18-14(20)17-9(7-19)3-4-21-2/h5-6,9,19H,3-4,7H2,1-2H3,(H2,17,18,20). The third kappa shape index (κ3) is 4.30. The van der Waals surface area contributed by atoms with Gasteiger partial charge in [-0.25, -0.2) is 9.78 Å². The van der Waals surface area contributed by atoms with Gasteiger partial charge in [0.1, 0.15) is 0 Å². The predicted octanol–water partition coefficient (Wildman–Crippen LogP) is 2.78. The first-order valence-corrected chi connectivity index (χ1v) is 7.97. The van der Waals surface area contributed by atoms with E-state index < -0.39 is 6.03 Å². The van der Waals surface area contributed by atoms with Gasteiger partial charge in [-0.3, -0.25) is 0 Å². The molecule has 1 unspecified atom stereocenters. The van der Waals surface area contributed by atoms with E-state index in [0.29, 0.717) is 23.7 Å². The minimum absolute atomic E-state index is 0.155. The zero-order valence-electron chi connectivity index (χ0n) is 12.4. The molecule has 2 aromatic rings. The molecule has 1 heterocycles. The van der Waals surface area contributed by atoms with Crippen LogP contribution in [0.1, 0.15) is 11.4 Å². The number of aliphatic hydroxyl groups is 1. The Balaban J connectivity index is 2.05. The normalized spacial score (nSPS) is 12.4. The number of urea groups is 1. The Kier molecular flexibility index (Phi) is 5.96. The number of halogens is 1. The zero-order chi connectivity index (χ0) is 16.1. The van der Waals surface area contributed by atoms with Crippen molar-refractivity contribution in [1.29, 1.82) is 0 Å². The molecule has 3 N–H and O–H groups in total. The van der Waals surface area contributed by atoms with Crippen molar-refractivity contribution in [2.75, 3.05) is 25.6 Å². The average Bonchev–Trinajstić information content (AvgIpc) is 2.82. The largest absolute Gasteiger partial charge is 0.394 e. The highest BCUT2D eigenvalue weighted by Gasteiger charge is 2.13. The van der Waals surface area contributed by atoms with E-state index in [0.717, 1.165) is 15.2 Å². The number of anilines is 1. The molecule has 0 saturated carbocycles. The van der Waals surface area contributed by atoms with Crippen molar-refractivity contribution >= 4 is 44.9 Å². The second-order valence-electron chi connectivity index (χ2n) is 4.79. The van der Waals surface area contributed by atoms with Crippen molar-refractivity contribution in [3.05, 3.63) is 22.2 Å². The molecule has 1 aromatic carbocycles. The van der Waals surface area contributed by atoms with E-state index >= 15 is 0 Å². The van der Waals surface area contributed by atoms with Crippen LogP contribution in [0.4, 0.5) is 10.5 Å². The van der Waals surface area contributed by atoms with E-state index in [9.17, 15) is 9.90 Å². The summed E-state index contributed by atoms with van der Waals surface area (Å²) < 4.78 is 5.89. The van der Waals surface area contributed by atoms with Crippen LogP contribution in [0.15, 0.2) is 12.1 Å². The quantitative estimate of drug-likeness (QED) is 0.753. The monoisotopic (exact) mass is 343 g/mol. The van der Waals surface area contributed by atoms with Crippen LogP contribution in [0, 0.1) is 6.92 Å². The van der Waals surface area contributed by atoms with Gasteiger partial charge in [0.15, 0.2) is 0 Å². The number of carbonyl (C=O) groups excluding carboxylic acids is 1. The third-order valence-corrected chi connectivity index (χ3v) is 4.30. The Morgan fingerprint density at radius 1 is 1.55 bits per heavy atom. The lowest BCUT2D eigenvalue weighted by atomic mass is 10.2. The number of methoxy groups -OCH3 is 1. The molecule has 0 bridgehead atoms. The minimum atomic E-state index is -0.419. The molecule has 0 aliphatic heterocycles. The van der Waals surface area contributed by atoms with Crippen LogP contribution in [0.25, 0.3) is 10.2 Å². The molecule has 0 aliphatic carbocycles. The van der Waals surface area contributed by atoms with Crippen LogP contribution in [-0.4, -0.2) is 42.5 Å². The number of carbonyl (C=O) groups is 1. The molecule has 22 heavy (non-hydrogen) atoms. The number of amides is 2. The Bertz CT molecular complexity index is 662. The fraction of sp³-hybridized carbons (Fsp3) is 0.429. The second-order valence-corrected chi connectivity index (χ2v) is 6.43. The van der Waals surface area contributed by atoms with Gasteiger partial charge in [-0.15, -0.1) is 11.3 Å². The lowest BCUT2D eigenvalue weighted by Gasteiger charge is -2.16. The van der Waals surface area contributed by atoms with Crippen molar-refractivity contribution in [2.45, 2.75) is 19.4 Å². The van der Waals surface area contributed by atoms with Crippen LogP contribution in [0.2, 0.25) is 5.02 Å². The molecular weight excluding hydrogens is 326 g/mol. The lowest BCUT2D eigenvalue weighted by molar-refractivity contribution is 0.161. The fourth-order valence-corrected chi connectivity index (χ4v) is 3.03. The first-order chi connectivity index (χ1) is 10.5. The van der Waals surface area contributed by atoms with Crippen LogP contribution < -0.4 is 10.6 Å². The Hall–Kier alpha value is -1.41. The molecule has 0 radical (unpaired) electrons. The summed E-state index contributed by atoms with van der Waals surface area (Å²) in [5.41, 5.74) is 1.32. The number of nitrogens with zero attached hydrogens (tertiary/aromatic N) is 1. The van der Waals surface area contributed by atoms with E-state index in [1.807, 2.05) is 6.92 Å². The van der Waals surface area contributed by atoms with Gasteiger partial charge in [0.2, 0.25) is 0 Å². The summed E-state index contributed by atoms with van der Waals surface area (Å²) in [7, 11) is 1.57. The maximum absolute atomic E-state index is 12.0. The number of aromatic nitrogens is 1. The molecule has 0 fully saturated rings. The van der Waals surface area contributed by atoms with Crippen molar-refractivity contribution in [3.8, 4) is 0 Å². The Morgan fingerprint density at radius 2 is 2.32 bits per heavy atom. The molecule has 0 spiro atoms. The highest BCUT2D eigenvalue weighted by molar-refractivity contribution is 7.18. The second kappa shape index (κ2) is 7.73. The summed E-state index contributed by atoms with van der Waals surface area (Å²) >= 11 is 7.70. The number of thiazole rings is 1. The van der Waals surface area contributed by atoms with Crippen LogP contribution in [-0.2, 0) is 4.74 Å². The van der Waals surface area contributed by atoms with E-state index in [1.165, 1.54) is 11.3 Å². The number of fused-ring (bicyclic) bond motifs is 1. The van der Waals surface area contributed by atoms with Crippen LogP contribution in [0.5, 0.6) is 0 Å². The summed E-state index contributed by atoms with van der Waals surface area (Å²) in [5.74, 6) is 0. The molecule has 120 valence electrons. The zero-order valence-corrected chi connectivity index (χ0v) is 13.9. The van der Waals surface area contributed by atoms with Gasteiger partial charge in [0.25, 0.3) is 0 Å². The van der Waals surface area contributed by atoms with Gasteiger partial charge in [-0.05, 0) is 25.5 Å². The molecule has 0 saturated heterocycles. The van der Waals surface area contributed by atoms with E-state index in [2.05, 4.69) is 15.6 Å². The van der Waals surface area contributed by atoms with Crippen LogP contribution in [0.3, 0.4) is 0 Å². The van der Waals surface area contributed by atoms with Gasteiger partial charge in [-0.2, -0.15) is 0 Å². The predicted molar refractivity (Wildman–Crippen MR) is 88.9 cm³/mol. The maximum Gasteiger partial charge on any atom is 0.319 e. The minimum Gasteiger partial charge on any atom is -0.394 e. The topological polar surface area (TPSA) is 83.5 Å². The Labute approximate surface area is 137 Å². The molecule has 0 aliphatic rings. The van der Waals surface area contributed by atoms with E-state index in [1.54, 1.807) is 19.2 Å². The first kappa shape index (κ1) is 17.0. The smallest absolute Gasteiger partial charge is 0.319 e. The Morgan fingerprint density at radius 3 is 3.00 bits per heavy atom. The number of aryl methyl sites for hydroxylation is 1. The van der Waals surface area contributed by atoms with Gasteiger partial charge in [0.05, 0.1) is 38.6 Å². The molecule has 2 rings (SSSR count). The molecule has 2 amide bonds. The van der Waals surface area contributed by atoms with Crippen molar-refractivity contribution < 1.29 is 14.6 Å². The summed E-state index contributed by atoms with van der Waals surface area (Å²) in [6, 6.07) is 2.74.